The van der Waals surface area contributed by atoms with Crippen molar-refractivity contribution in [2.75, 3.05) is 16.0 Å². The standard InChI is InChI=1S/C19H21N3O5/c1-19(2,3)27-18(26)22-14-9-7-13(8-10-14)20-16(23)12-5-4-6-15(11-12)21-17(24)25/h4-11,21H,1-3H3,(H,20,23)(H,22,26)(H,24,25). The van der Waals surface area contributed by atoms with Gasteiger partial charge in [0.2, 0.25) is 0 Å². The molecule has 0 bridgehead atoms. The fraction of sp³-hybridized carbons (Fsp3) is 0.211. The van der Waals surface area contributed by atoms with E-state index in [1.807, 2.05) is 0 Å². The molecule has 0 aliphatic heterocycles. The average molecular weight is 371 g/mol. The number of hydrogen-bond donors (Lipinski definition) is 4. The first-order valence-electron chi connectivity index (χ1n) is 8.14. The molecular formula is C19H21N3O5. The van der Waals surface area contributed by atoms with E-state index < -0.39 is 23.7 Å². The van der Waals surface area contributed by atoms with Gasteiger partial charge in [-0.25, -0.2) is 9.59 Å². The van der Waals surface area contributed by atoms with Gasteiger partial charge in [-0.15, -0.1) is 0 Å². The van der Waals surface area contributed by atoms with Crippen molar-refractivity contribution < 1.29 is 24.2 Å². The monoisotopic (exact) mass is 371 g/mol. The van der Waals surface area contributed by atoms with Crippen molar-refractivity contribution in [3.05, 3.63) is 54.1 Å². The van der Waals surface area contributed by atoms with Gasteiger partial charge < -0.3 is 15.2 Å². The number of hydrogen-bond acceptors (Lipinski definition) is 4. The molecule has 142 valence electrons. The van der Waals surface area contributed by atoms with Crippen LogP contribution < -0.4 is 16.0 Å². The highest BCUT2D eigenvalue weighted by Crippen LogP contribution is 2.17. The second-order valence-electron chi connectivity index (χ2n) is 6.67. The number of carboxylic acid groups (broad SMARTS) is 1. The van der Waals surface area contributed by atoms with Gasteiger partial charge in [0.1, 0.15) is 5.60 Å². The highest BCUT2D eigenvalue weighted by atomic mass is 16.6. The van der Waals surface area contributed by atoms with Gasteiger partial charge in [-0.1, -0.05) is 6.07 Å². The number of carbonyl (C=O) groups is 3. The SMILES string of the molecule is CC(C)(C)OC(=O)Nc1ccc(NC(=O)c2cccc(NC(=O)O)c2)cc1. The van der Waals surface area contributed by atoms with Crippen molar-refractivity contribution in [1.82, 2.24) is 0 Å². The Kier molecular flexibility index (Phi) is 6.02. The number of ether oxygens (including phenoxy) is 1. The summed E-state index contributed by atoms with van der Waals surface area (Å²) in [5.74, 6) is -0.392. The number of anilines is 3. The van der Waals surface area contributed by atoms with Crippen molar-refractivity contribution in [3.63, 3.8) is 0 Å². The summed E-state index contributed by atoms with van der Waals surface area (Å²) >= 11 is 0. The number of carbonyl (C=O) groups excluding carboxylic acids is 2. The molecule has 2 rings (SSSR count). The molecule has 0 aliphatic carbocycles. The molecule has 0 aromatic heterocycles. The summed E-state index contributed by atoms with van der Waals surface area (Å²) in [5, 5.41) is 16.2. The Morgan fingerprint density at radius 1 is 0.852 bits per heavy atom. The minimum atomic E-state index is -1.21. The summed E-state index contributed by atoms with van der Waals surface area (Å²) in [6.45, 7) is 5.31. The summed E-state index contributed by atoms with van der Waals surface area (Å²) in [7, 11) is 0. The van der Waals surface area contributed by atoms with Crippen molar-refractivity contribution >= 4 is 35.2 Å². The molecule has 2 aromatic carbocycles. The van der Waals surface area contributed by atoms with Gasteiger partial charge in [0.05, 0.1) is 0 Å². The zero-order valence-electron chi connectivity index (χ0n) is 15.2. The Labute approximate surface area is 156 Å². The zero-order valence-corrected chi connectivity index (χ0v) is 15.2. The zero-order chi connectivity index (χ0) is 20.0. The van der Waals surface area contributed by atoms with Crippen LogP contribution in [0.25, 0.3) is 0 Å². The van der Waals surface area contributed by atoms with Crippen LogP contribution in [-0.2, 0) is 4.74 Å². The van der Waals surface area contributed by atoms with Crippen LogP contribution in [0.1, 0.15) is 31.1 Å². The van der Waals surface area contributed by atoms with Crippen LogP contribution in [0.15, 0.2) is 48.5 Å². The maximum absolute atomic E-state index is 12.3. The Morgan fingerprint density at radius 3 is 2.00 bits per heavy atom. The second kappa shape index (κ2) is 8.22. The van der Waals surface area contributed by atoms with E-state index in [-0.39, 0.29) is 0 Å². The highest BCUT2D eigenvalue weighted by Gasteiger charge is 2.16. The van der Waals surface area contributed by atoms with Gasteiger partial charge >= 0.3 is 12.2 Å². The Morgan fingerprint density at radius 2 is 1.44 bits per heavy atom. The molecule has 0 saturated heterocycles. The predicted molar refractivity (Wildman–Crippen MR) is 102 cm³/mol. The molecule has 0 fully saturated rings. The van der Waals surface area contributed by atoms with E-state index in [0.29, 0.717) is 22.6 Å². The van der Waals surface area contributed by atoms with Crippen molar-refractivity contribution in [2.45, 2.75) is 26.4 Å². The first-order valence-corrected chi connectivity index (χ1v) is 8.14. The Bertz CT molecular complexity index is 841. The molecule has 0 spiro atoms. The lowest BCUT2D eigenvalue weighted by Crippen LogP contribution is -2.27. The van der Waals surface area contributed by atoms with Gasteiger partial charge in [-0.05, 0) is 63.2 Å². The van der Waals surface area contributed by atoms with E-state index in [4.69, 9.17) is 9.84 Å². The first-order chi connectivity index (χ1) is 12.6. The number of rotatable bonds is 4. The predicted octanol–water partition coefficient (Wildman–Crippen LogP) is 4.38. The molecule has 4 N–H and O–H groups in total. The number of amides is 3. The van der Waals surface area contributed by atoms with E-state index in [0.717, 1.165) is 0 Å². The maximum Gasteiger partial charge on any atom is 0.412 e. The smallest absolute Gasteiger partial charge is 0.412 e. The molecule has 0 saturated carbocycles. The number of benzene rings is 2. The van der Waals surface area contributed by atoms with Gasteiger partial charge in [-0.2, -0.15) is 0 Å². The molecule has 0 unspecified atom stereocenters. The fourth-order valence-electron chi connectivity index (χ4n) is 2.12. The molecule has 2 aromatic rings. The molecule has 0 aliphatic rings. The first kappa shape index (κ1) is 19.8. The maximum atomic E-state index is 12.3. The van der Waals surface area contributed by atoms with E-state index in [1.165, 1.54) is 6.07 Å². The van der Waals surface area contributed by atoms with Crippen LogP contribution >= 0.6 is 0 Å². The number of nitrogens with one attached hydrogen (secondary N) is 3. The van der Waals surface area contributed by atoms with Crippen LogP contribution in [-0.4, -0.2) is 28.8 Å². The Hall–Kier alpha value is -3.55. The lowest BCUT2D eigenvalue weighted by Gasteiger charge is -2.19. The molecule has 8 nitrogen and oxygen atoms in total. The van der Waals surface area contributed by atoms with Crippen LogP contribution in [0, 0.1) is 0 Å². The molecule has 8 heteroatoms. The van der Waals surface area contributed by atoms with Crippen LogP contribution in [0.2, 0.25) is 0 Å². The van der Waals surface area contributed by atoms with E-state index in [9.17, 15) is 14.4 Å². The lowest BCUT2D eigenvalue weighted by atomic mass is 10.2. The molecule has 0 heterocycles. The van der Waals surface area contributed by atoms with Crippen LogP contribution in [0.3, 0.4) is 0 Å². The van der Waals surface area contributed by atoms with Gasteiger partial charge in [0.15, 0.2) is 0 Å². The molecule has 27 heavy (non-hydrogen) atoms. The Balaban J connectivity index is 1.99. The minimum absolute atomic E-state index is 0.298. The van der Waals surface area contributed by atoms with E-state index in [2.05, 4.69) is 16.0 Å². The van der Waals surface area contributed by atoms with E-state index in [1.54, 1.807) is 63.2 Å². The van der Waals surface area contributed by atoms with Crippen LogP contribution in [0.5, 0.6) is 0 Å². The van der Waals surface area contributed by atoms with E-state index >= 15 is 0 Å². The summed E-state index contributed by atoms with van der Waals surface area (Å²) in [6, 6.07) is 12.6. The summed E-state index contributed by atoms with van der Waals surface area (Å²) in [5.41, 5.74) is 1.05. The third kappa shape index (κ3) is 6.69. The largest absolute Gasteiger partial charge is 0.465 e. The van der Waals surface area contributed by atoms with Gasteiger partial charge in [0, 0.05) is 22.6 Å². The van der Waals surface area contributed by atoms with Crippen LogP contribution in [0.4, 0.5) is 26.7 Å². The average Bonchev–Trinajstić information content (AvgIpc) is 2.54. The highest BCUT2D eigenvalue weighted by molar-refractivity contribution is 6.05. The minimum Gasteiger partial charge on any atom is -0.465 e. The lowest BCUT2D eigenvalue weighted by molar-refractivity contribution is 0.0635. The van der Waals surface area contributed by atoms with Crippen molar-refractivity contribution in [2.24, 2.45) is 0 Å². The molecule has 0 radical (unpaired) electrons. The summed E-state index contributed by atoms with van der Waals surface area (Å²) in [4.78, 5) is 34.7. The van der Waals surface area contributed by atoms with Crippen molar-refractivity contribution in [1.29, 1.82) is 0 Å². The topological polar surface area (TPSA) is 117 Å². The fourth-order valence-corrected chi connectivity index (χ4v) is 2.12. The summed E-state index contributed by atoms with van der Waals surface area (Å²) in [6.07, 6.45) is -1.78. The molecule has 3 amide bonds. The van der Waals surface area contributed by atoms with Gasteiger partial charge in [0.25, 0.3) is 5.91 Å². The summed E-state index contributed by atoms with van der Waals surface area (Å²) < 4.78 is 5.17. The molecular weight excluding hydrogens is 350 g/mol. The third-order valence-electron chi connectivity index (χ3n) is 3.16. The van der Waals surface area contributed by atoms with Gasteiger partial charge in [-0.3, -0.25) is 15.4 Å². The third-order valence-corrected chi connectivity index (χ3v) is 3.16. The normalized spacial score (nSPS) is 10.6. The second-order valence-corrected chi connectivity index (χ2v) is 6.67. The quantitative estimate of drug-likeness (QED) is 0.636. The van der Waals surface area contributed by atoms with Crippen molar-refractivity contribution in [3.8, 4) is 0 Å². The molecule has 0 atom stereocenters.